The molecule has 1 atom stereocenters. The largest absolute Gasteiger partial charge is 0.271 e. The maximum absolute atomic E-state index is 10.4. The summed E-state index contributed by atoms with van der Waals surface area (Å²) in [5.74, 6) is -0.519. The molecular weight excluding hydrogens is 116 g/mol. The Hall–Kier alpha value is -0.570. The van der Waals surface area contributed by atoms with Gasteiger partial charge in [-0.3, -0.25) is 10.5 Å². The first-order valence-corrected chi connectivity index (χ1v) is 3.23. The average molecular weight is 126 g/mol. The minimum absolute atomic E-state index is 0.293. The summed E-state index contributed by atoms with van der Waals surface area (Å²) < 4.78 is 0. The number of carbonyl (C=O) groups excluding carboxylic acids is 1. The number of nitrogens with zero attached hydrogens (tertiary/aromatic N) is 1. The number of nitrogens with one attached hydrogen (secondary N) is 1. The van der Waals surface area contributed by atoms with Crippen LogP contribution >= 0.6 is 0 Å². The Bertz CT molecular complexity index is 108. The first-order chi connectivity index (χ1) is 4.30. The van der Waals surface area contributed by atoms with E-state index in [-0.39, 0.29) is 6.04 Å². The summed E-state index contributed by atoms with van der Waals surface area (Å²) in [6.45, 7) is 0.773. The van der Waals surface area contributed by atoms with Gasteiger partial charge in [-0.2, -0.15) is 0 Å². The van der Waals surface area contributed by atoms with Crippen LogP contribution in [-0.2, 0) is 4.79 Å². The third kappa shape index (κ3) is 1.68. The summed E-state index contributed by atoms with van der Waals surface area (Å²) in [5.41, 5.74) is 6.74. The molecule has 9 heavy (non-hydrogen) atoms. The molecule has 0 bridgehead atoms. The second-order valence-electron chi connectivity index (χ2n) is 2.28. The van der Waals surface area contributed by atoms with E-state index in [4.69, 9.17) is 5.73 Å². The Labute approximate surface area is 54.6 Å². The zero-order chi connectivity index (χ0) is 6.69. The number of piperidine rings is 1. The van der Waals surface area contributed by atoms with Gasteiger partial charge in [0.1, 0.15) is 6.04 Å². The van der Waals surface area contributed by atoms with Gasteiger partial charge in [0.2, 0.25) is 0 Å². The van der Waals surface area contributed by atoms with E-state index in [1.165, 1.54) is 0 Å². The highest BCUT2D eigenvalue weighted by molar-refractivity contribution is 5.79. The van der Waals surface area contributed by atoms with Gasteiger partial charge in [-0.15, -0.1) is 0 Å². The van der Waals surface area contributed by atoms with E-state index in [1.54, 1.807) is 0 Å². The third-order valence-corrected chi connectivity index (χ3v) is 1.54. The van der Waals surface area contributed by atoms with E-state index in [2.05, 4.69) is 5.32 Å². The maximum Gasteiger partial charge on any atom is 0.257 e. The van der Waals surface area contributed by atoms with E-state index >= 15 is 0 Å². The van der Waals surface area contributed by atoms with E-state index in [1.807, 2.05) is 0 Å². The Morgan fingerprint density at radius 3 is 2.67 bits per heavy atom. The molecule has 1 amide bonds. The van der Waals surface area contributed by atoms with E-state index in [9.17, 15) is 4.79 Å². The lowest BCUT2D eigenvalue weighted by molar-refractivity contribution is -0.121. The van der Waals surface area contributed by atoms with Crippen LogP contribution < -0.4 is 11.1 Å². The predicted molar refractivity (Wildman–Crippen MR) is 32.7 cm³/mol. The second kappa shape index (κ2) is 2.82. The van der Waals surface area contributed by atoms with Crippen LogP contribution in [0.4, 0.5) is 0 Å². The van der Waals surface area contributed by atoms with Crippen molar-refractivity contribution in [2.75, 3.05) is 6.54 Å². The molecule has 0 aromatic heterocycles. The van der Waals surface area contributed by atoms with Crippen LogP contribution in [0.1, 0.15) is 19.3 Å². The zero-order valence-electron chi connectivity index (χ0n) is 5.26. The molecule has 1 saturated heterocycles. The maximum atomic E-state index is 10.4. The van der Waals surface area contributed by atoms with Crippen LogP contribution in [0.25, 0.3) is 0 Å². The van der Waals surface area contributed by atoms with Crippen molar-refractivity contribution in [1.29, 1.82) is 0 Å². The molecule has 0 aromatic carbocycles. The highest BCUT2D eigenvalue weighted by atomic mass is 16.1. The van der Waals surface area contributed by atoms with Crippen molar-refractivity contribution in [3.05, 3.63) is 0 Å². The van der Waals surface area contributed by atoms with E-state index in [0.29, 0.717) is 0 Å². The zero-order valence-corrected chi connectivity index (χ0v) is 5.26. The molecule has 2 radical (unpaired) electrons. The predicted octanol–water partition coefficient (Wildman–Crippen LogP) is -0.0472. The van der Waals surface area contributed by atoms with Crippen molar-refractivity contribution in [2.24, 2.45) is 0 Å². The molecule has 0 spiro atoms. The Balaban J connectivity index is 2.31. The molecule has 1 heterocycles. The van der Waals surface area contributed by atoms with Crippen molar-refractivity contribution in [3.63, 3.8) is 0 Å². The van der Waals surface area contributed by atoms with Crippen LogP contribution in [-0.4, -0.2) is 18.5 Å². The molecule has 1 rings (SSSR count). The Kier molecular flexibility index (Phi) is 2.05. The van der Waals surface area contributed by atoms with E-state index in [0.717, 1.165) is 25.8 Å². The molecule has 0 aliphatic carbocycles. The molecule has 0 saturated carbocycles. The molecule has 0 aromatic rings. The van der Waals surface area contributed by atoms with Gasteiger partial charge in [0.25, 0.3) is 5.91 Å². The summed E-state index contributed by atoms with van der Waals surface area (Å²) in [6, 6.07) is -0.293. The Morgan fingerprint density at radius 2 is 2.33 bits per heavy atom. The Morgan fingerprint density at radius 1 is 1.56 bits per heavy atom. The van der Waals surface area contributed by atoms with Gasteiger partial charge >= 0.3 is 0 Å². The lowest BCUT2D eigenvalue weighted by Crippen LogP contribution is -2.35. The first-order valence-electron chi connectivity index (χ1n) is 3.23. The minimum atomic E-state index is -0.519. The minimum Gasteiger partial charge on any atom is -0.271 e. The van der Waals surface area contributed by atoms with Gasteiger partial charge in [0.15, 0.2) is 0 Å². The SMILES string of the molecule is [NH]C(=O)C1CCCC[N]1. The average Bonchev–Trinajstić information content (AvgIpc) is 1.90. The number of hydrogen-bond donors (Lipinski definition) is 0. The lowest BCUT2D eigenvalue weighted by atomic mass is 10.1. The number of carbonyl (C=O) groups is 1. The highest BCUT2D eigenvalue weighted by Gasteiger charge is 2.18. The van der Waals surface area contributed by atoms with Gasteiger partial charge in [-0.05, 0) is 19.3 Å². The molecule has 1 aliphatic heterocycles. The van der Waals surface area contributed by atoms with Crippen molar-refractivity contribution in [3.8, 4) is 0 Å². The molecule has 1 unspecified atom stereocenters. The number of hydrogen-bond acceptors (Lipinski definition) is 1. The lowest BCUT2D eigenvalue weighted by Gasteiger charge is -2.17. The fourth-order valence-electron chi connectivity index (χ4n) is 1.00. The van der Waals surface area contributed by atoms with Crippen molar-refractivity contribution < 1.29 is 4.79 Å². The highest BCUT2D eigenvalue weighted by Crippen LogP contribution is 2.07. The normalized spacial score (nSPS) is 27.8. The van der Waals surface area contributed by atoms with Gasteiger partial charge in [-0.25, -0.2) is 5.32 Å². The molecule has 1 aliphatic rings. The van der Waals surface area contributed by atoms with E-state index < -0.39 is 5.91 Å². The second-order valence-corrected chi connectivity index (χ2v) is 2.28. The molecule has 3 heteroatoms. The number of rotatable bonds is 1. The van der Waals surface area contributed by atoms with Gasteiger partial charge in [0.05, 0.1) is 0 Å². The fraction of sp³-hybridized carbons (Fsp3) is 0.833. The summed E-state index contributed by atoms with van der Waals surface area (Å²) in [7, 11) is 0. The van der Waals surface area contributed by atoms with Crippen LogP contribution in [0, 0.1) is 0 Å². The van der Waals surface area contributed by atoms with Crippen molar-refractivity contribution in [1.82, 2.24) is 11.1 Å². The fourth-order valence-corrected chi connectivity index (χ4v) is 1.00. The van der Waals surface area contributed by atoms with Gasteiger partial charge in [-0.1, -0.05) is 0 Å². The van der Waals surface area contributed by atoms with Crippen molar-refractivity contribution >= 4 is 5.91 Å². The summed E-state index contributed by atoms with van der Waals surface area (Å²) >= 11 is 0. The summed E-state index contributed by atoms with van der Waals surface area (Å²) in [4.78, 5) is 10.4. The molecular formula is C6H10N2O. The summed E-state index contributed by atoms with van der Waals surface area (Å²) in [5, 5.41) is 3.99. The van der Waals surface area contributed by atoms with Gasteiger partial charge in [0, 0.05) is 6.54 Å². The molecule has 1 N–H and O–H groups in total. The van der Waals surface area contributed by atoms with Crippen LogP contribution in [0.2, 0.25) is 0 Å². The molecule has 3 nitrogen and oxygen atoms in total. The first kappa shape index (κ1) is 6.55. The van der Waals surface area contributed by atoms with Crippen LogP contribution in [0.5, 0.6) is 0 Å². The monoisotopic (exact) mass is 126 g/mol. The smallest absolute Gasteiger partial charge is 0.257 e. The molecule has 50 valence electrons. The van der Waals surface area contributed by atoms with Crippen LogP contribution in [0.3, 0.4) is 0 Å². The standard InChI is InChI=1S/C6H10N2O/c7-6(9)5-3-1-2-4-8-5/h5,7H,1-4H2. The van der Waals surface area contributed by atoms with Crippen LogP contribution in [0.15, 0.2) is 0 Å². The van der Waals surface area contributed by atoms with Crippen molar-refractivity contribution in [2.45, 2.75) is 25.3 Å². The number of amides is 1. The molecule has 1 fully saturated rings. The quantitative estimate of drug-likeness (QED) is 0.486. The van der Waals surface area contributed by atoms with Gasteiger partial charge < -0.3 is 0 Å². The topological polar surface area (TPSA) is 55.0 Å². The third-order valence-electron chi connectivity index (χ3n) is 1.54. The summed E-state index contributed by atoms with van der Waals surface area (Å²) in [6.07, 6.45) is 2.94.